The van der Waals surface area contributed by atoms with Gasteiger partial charge in [-0.3, -0.25) is 0 Å². The summed E-state index contributed by atoms with van der Waals surface area (Å²) in [6.07, 6.45) is 1.99. The first-order chi connectivity index (χ1) is 22.7. The molecule has 1 fully saturated rings. The molecular formula is C42H50O3Si3. The van der Waals surface area contributed by atoms with Crippen molar-refractivity contribution in [1.29, 1.82) is 0 Å². The van der Waals surface area contributed by atoms with Crippen LogP contribution in [0.15, 0.2) is 121 Å². The predicted octanol–water partition coefficient (Wildman–Crippen LogP) is 11.6. The van der Waals surface area contributed by atoms with Crippen LogP contribution in [-0.2, 0) is 12.3 Å². The summed E-state index contributed by atoms with van der Waals surface area (Å²) < 4.78 is 23.4. The van der Waals surface area contributed by atoms with E-state index in [1.165, 1.54) is 43.8 Å². The molecule has 0 aromatic heterocycles. The Kier molecular flexibility index (Phi) is 8.38. The Hall–Kier alpha value is -3.11. The number of hydrogen-bond acceptors (Lipinski definition) is 3. The third-order valence-electron chi connectivity index (χ3n) is 9.88. The summed E-state index contributed by atoms with van der Waals surface area (Å²) in [6, 6.07) is 43.9. The van der Waals surface area contributed by atoms with E-state index in [2.05, 4.69) is 176 Å². The zero-order valence-electron chi connectivity index (χ0n) is 29.8. The molecule has 48 heavy (non-hydrogen) atoms. The number of rotatable bonds is 6. The van der Waals surface area contributed by atoms with E-state index in [0.717, 1.165) is 12.8 Å². The van der Waals surface area contributed by atoms with E-state index >= 15 is 0 Å². The highest BCUT2D eigenvalue weighted by Crippen LogP contribution is 2.69. The lowest BCUT2D eigenvalue weighted by atomic mass is 9.85. The van der Waals surface area contributed by atoms with Crippen LogP contribution >= 0.6 is 0 Å². The first-order valence-electron chi connectivity index (χ1n) is 17.5. The second-order valence-corrected chi connectivity index (χ2v) is 27.0. The van der Waals surface area contributed by atoms with Gasteiger partial charge in [0.2, 0.25) is 0 Å². The summed E-state index contributed by atoms with van der Waals surface area (Å²) in [5.41, 5.74) is 8.34. The minimum atomic E-state index is -3.10. The Morgan fingerprint density at radius 1 is 0.438 bits per heavy atom. The van der Waals surface area contributed by atoms with Gasteiger partial charge >= 0.3 is 25.7 Å². The summed E-state index contributed by atoms with van der Waals surface area (Å²) in [5.74, 6) is 0. The lowest BCUT2D eigenvalue weighted by Crippen LogP contribution is -2.76. The molecule has 4 aromatic carbocycles. The zero-order chi connectivity index (χ0) is 34.0. The molecule has 1 saturated heterocycles. The maximum Gasteiger partial charge on any atom is 0.363 e. The molecule has 0 radical (unpaired) electrons. The topological polar surface area (TPSA) is 27.7 Å². The molecule has 0 N–H and O–H groups in total. The monoisotopic (exact) mass is 686 g/mol. The molecule has 2 spiro atoms. The third kappa shape index (κ3) is 5.91. The lowest BCUT2D eigenvalue weighted by Gasteiger charge is -2.65. The number of hydrogen-bond donors (Lipinski definition) is 0. The van der Waals surface area contributed by atoms with Crippen LogP contribution in [0.2, 0.25) is 24.2 Å². The molecule has 3 nitrogen and oxygen atoms in total. The van der Waals surface area contributed by atoms with Gasteiger partial charge in [-0.25, -0.2) is 0 Å². The van der Waals surface area contributed by atoms with Gasteiger partial charge in [-0.05, 0) is 70.2 Å². The van der Waals surface area contributed by atoms with Crippen molar-refractivity contribution in [2.45, 2.75) is 78.6 Å². The highest BCUT2D eigenvalue weighted by atomic mass is 28.5. The Balaban J connectivity index is 1.53. The smallest absolute Gasteiger partial charge is 0.363 e. The predicted molar refractivity (Wildman–Crippen MR) is 207 cm³/mol. The van der Waals surface area contributed by atoms with Crippen molar-refractivity contribution in [3.8, 4) is 0 Å². The number of benzene rings is 4. The minimum Gasteiger partial charge on any atom is -0.412 e. The van der Waals surface area contributed by atoms with Gasteiger partial charge in [-0.1, -0.05) is 163 Å². The molecule has 0 saturated carbocycles. The Morgan fingerprint density at radius 2 is 0.729 bits per heavy atom. The Morgan fingerprint density at radius 3 is 1.02 bits per heavy atom. The van der Waals surface area contributed by atoms with E-state index in [9.17, 15) is 0 Å². The SMILES string of the molecule is CC(C)(C)CC1C(c2ccccc2)=C(c2ccccc2)[Si]12O[Si](C)(C)O[Si]1(O2)C(c2ccccc2)=C(c2ccccc2)C1CC(C)(C)C. The lowest BCUT2D eigenvalue weighted by molar-refractivity contribution is 0.209. The molecule has 248 valence electrons. The average Bonchev–Trinajstić information content (AvgIpc) is 3.04. The molecule has 0 amide bonds. The maximum absolute atomic E-state index is 8.18. The quantitative estimate of drug-likeness (QED) is 0.189. The van der Waals surface area contributed by atoms with Gasteiger partial charge in [0.05, 0.1) is 0 Å². The fraction of sp³-hybridized carbons (Fsp3) is 0.333. The van der Waals surface area contributed by atoms with Crippen LogP contribution in [-0.4, -0.2) is 25.7 Å². The summed E-state index contributed by atoms with van der Waals surface area (Å²) in [4.78, 5) is 0. The van der Waals surface area contributed by atoms with Crippen LogP contribution in [0, 0.1) is 10.8 Å². The summed E-state index contributed by atoms with van der Waals surface area (Å²) in [5, 5.41) is 2.63. The van der Waals surface area contributed by atoms with Crippen molar-refractivity contribution in [3.63, 3.8) is 0 Å². The van der Waals surface area contributed by atoms with Gasteiger partial charge in [0.1, 0.15) is 0 Å². The van der Waals surface area contributed by atoms with Crippen LogP contribution < -0.4 is 0 Å². The third-order valence-corrected chi connectivity index (χ3v) is 24.0. The highest BCUT2D eigenvalue weighted by Gasteiger charge is 2.75. The molecule has 0 aliphatic carbocycles. The van der Waals surface area contributed by atoms with Crippen LogP contribution in [0.3, 0.4) is 0 Å². The molecule has 0 bridgehead atoms. The molecule has 3 aliphatic heterocycles. The minimum absolute atomic E-state index is 0.0794. The molecule has 6 heteroatoms. The largest absolute Gasteiger partial charge is 0.412 e. The van der Waals surface area contributed by atoms with Gasteiger partial charge in [-0.15, -0.1) is 0 Å². The van der Waals surface area contributed by atoms with E-state index in [4.69, 9.17) is 12.3 Å². The fourth-order valence-electron chi connectivity index (χ4n) is 8.35. The molecule has 4 unspecified atom stereocenters. The molecule has 3 aliphatic rings. The summed E-state index contributed by atoms with van der Waals surface area (Å²) in [6.45, 7) is 18.7. The first-order valence-corrected chi connectivity index (χ1v) is 24.1. The summed E-state index contributed by atoms with van der Waals surface area (Å²) >= 11 is 0. The zero-order valence-corrected chi connectivity index (χ0v) is 32.8. The van der Waals surface area contributed by atoms with Crippen molar-refractivity contribution in [3.05, 3.63) is 144 Å². The summed E-state index contributed by atoms with van der Waals surface area (Å²) in [7, 11) is -8.92. The van der Waals surface area contributed by atoms with E-state index in [0.29, 0.717) is 0 Å². The molecule has 4 aromatic rings. The average molecular weight is 687 g/mol. The van der Waals surface area contributed by atoms with Crippen molar-refractivity contribution in [2.24, 2.45) is 10.8 Å². The van der Waals surface area contributed by atoms with E-state index < -0.39 is 25.7 Å². The van der Waals surface area contributed by atoms with Gasteiger partial charge in [0.25, 0.3) is 0 Å². The number of allylic oxidation sites excluding steroid dienone is 2. The van der Waals surface area contributed by atoms with Gasteiger partial charge in [-0.2, -0.15) is 0 Å². The first kappa shape index (κ1) is 33.4. The van der Waals surface area contributed by atoms with Crippen LogP contribution in [0.5, 0.6) is 0 Å². The molecular weight excluding hydrogens is 637 g/mol. The van der Waals surface area contributed by atoms with Crippen molar-refractivity contribution in [1.82, 2.24) is 0 Å². The van der Waals surface area contributed by atoms with E-state index in [1.807, 2.05) is 0 Å². The Bertz CT molecular complexity index is 1710. The van der Waals surface area contributed by atoms with E-state index in [1.54, 1.807) is 0 Å². The Labute approximate surface area is 291 Å². The van der Waals surface area contributed by atoms with Gasteiger partial charge in [0.15, 0.2) is 0 Å². The fourth-order valence-corrected chi connectivity index (χ4v) is 27.4. The van der Waals surface area contributed by atoms with E-state index in [-0.39, 0.29) is 21.9 Å². The van der Waals surface area contributed by atoms with Crippen molar-refractivity contribution in [2.75, 3.05) is 0 Å². The van der Waals surface area contributed by atoms with Crippen molar-refractivity contribution >= 4 is 47.2 Å². The highest BCUT2D eigenvalue weighted by molar-refractivity contribution is 7.13. The van der Waals surface area contributed by atoms with Gasteiger partial charge < -0.3 is 12.3 Å². The van der Waals surface area contributed by atoms with Crippen molar-refractivity contribution < 1.29 is 12.3 Å². The molecule has 7 rings (SSSR count). The van der Waals surface area contributed by atoms with Crippen LogP contribution in [0.25, 0.3) is 21.5 Å². The van der Waals surface area contributed by atoms with Crippen LogP contribution in [0.4, 0.5) is 0 Å². The standard InChI is InChI=1S/C42H50O3Si3/c1-41(2,3)29-35-37(31-21-13-9-14-22-31)39(33-25-17-11-18-26-33)47(35)43-46(7,8)44-48(45-47)36(30-42(4,5)6)38(32-23-15-10-16-24-32)40(48)34-27-19-12-20-28-34/h9-28,35-36H,29-30H2,1-8H3. The normalized spacial score (nSPS) is 26.8. The van der Waals surface area contributed by atoms with Crippen LogP contribution in [0.1, 0.15) is 76.6 Å². The molecule has 3 heterocycles. The van der Waals surface area contributed by atoms with Gasteiger partial charge in [0, 0.05) is 21.5 Å². The maximum atomic E-state index is 8.18. The second-order valence-electron chi connectivity index (χ2n) is 16.7. The molecule has 4 atom stereocenters. The second kappa shape index (κ2) is 12.0.